The lowest BCUT2D eigenvalue weighted by Gasteiger charge is -2.33. The Balaban J connectivity index is 1.28. The zero-order chi connectivity index (χ0) is 19.8. The summed E-state index contributed by atoms with van der Waals surface area (Å²) in [6, 6.07) is 9.78. The van der Waals surface area contributed by atoms with E-state index < -0.39 is 6.10 Å². The van der Waals surface area contributed by atoms with Gasteiger partial charge in [-0.2, -0.15) is 0 Å². The second-order valence-electron chi connectivity index (χ2n) is 8.33. The summed E-state index contributed by atoms with van der Waals surface area (Å²) in [5.74, 6) is 1.03. The molecule has 2 fully saturated rings. The highest BCUT2D eigenvalue weighted by Gasteiger charge is 2.23. The molecule has 0 radical (unpaired) electrons. The van der Waals surface area contributed by atoms with Crippen LogP contribution in [0, 0.1) is 11.8 Å². The van der Waals surface area contributed by atoms with Crippen molar-refractivity contribution in [1.29, 1.82) is 0 Å². The van der Waals surface area contributed by atoms with Crippen LogP contribution in [0.2, 0.25) is 0 Å². The molecule has 3 unspecified atom stereocenters. The fourth-order valence-corrected chi connectivity index (χ4v) is 4.21. The van der Waals surface area contributed by atoms with Crippen molar-refractivity contribution in [2.75, 3.05) is 39.3 Å². The van der Waals surface area contributed by atoms with Gasteiger partial charge < -0.3 is 25.4 Å². The van der Waals surface area contributed by atoms with E-state index in [2.05, 4.69) is 22.5 Å². The number of nitrogens with zero attached hydrogens (tertiary/aromatic N) is 1. The van der Waals surface area contributed by atoms with Gasteiger partial charge in [-0.05, 0) is 63.1 Å². The Morgan fingerprint density at radius 3 is 2.50 bits per heavy atom. The molecule has 3 N–H and O–H groups in total. The van der Waals surface area contributed by atoms with Gasteiger partial charge in [0.05, 0.1) is 12.2 Å². The Morgan fingerprint density at radius 2 is 1.82 bits per heavy atom. The summed E-state index contributed by atoms with van der Waals surface area (Å²) >= 11 is 0. The summed E-state index contributed by atoms with van der Waals surface area (Å²) in [6.07, 6.45) is 4.02. The number of urea groups is 1. The van der Waals surface area contributed by atoms with Crippen molar-refractivity contribution in [3.05, 3.63) is 35.9 Å². The summed E-state index contributed by atoms with van der Waals surface area (Å²) < 4.78 is 5.55. The van der Waals surface area contributed by atoms with Crippen molar-refractivity contribution in [3.63, 3.8) is 0 Å². The Labute approximate surface area is 168 Å². The maximum atomic E-state index is 12.1. The molecule has 0 bridgehead atoms. The Kier molecular flexibility index (Phi) is 8.13. The Morgan fingerprint density at radius 1 is 1.14 bits per heavy atom. The van der Waals surface area contributed by atoms with Crippen LogP contribution in [-0.2, 0) is 4.74 Å². The molecule has 2 aliphatic rings. The van der Waals surface area contributed by atoms with Crippen LogP contribution in [0.4, 0.5) is 4.79 Å². The fourth-order valence-electron chi connectivity index (χ4n) is 4.21. The first-order valence-corrected chi connectivity index (χ1v) is 10.7. The lowest BCUT2D eigenvalue weighted by Crippen LogP contribution is -2.44. The van der Waals surface area contributed by atoms with Crippen LogP contribution in [-0.4, -0.2) is 61.5 Å². The number of likely N-dealkylation sites (tertiary alicyclic amines) is 1. The van der Waals surface area contributed by atoms with Gasteiger partial charge in [-0.3, -0.25) is 0 Å². The highest BCUT2D eigenvalue weighted by atomic mass is 16.5. The van der Waals surface area contributed by atoms with Gasteiger partial charge in [0.25, 0.3) is 0 Å². The largest absolute Gasteiger partial charge is 0.387 e. The maximum absolute atomic E-state index is 12.1. The lowest BCUT2D eigenvalue weighted by molar-refractivity contribution is 0.00345. The van der Waals surface area contributed by atoms with E-state index in [4.69, 9.17) is 4.74 Å². The zero-order valence-corrected chi connectivity index (χ0v) is 17.0. The second kappa shape index (κ2) is 10.8. The normalized spacial score (nSPS) is 25.2. The molecule has 2 saturated heterocycles. The molecule has 1 aromatic rings. The van der Waals surface area contributed by atoms with E-state index in [1.165, 1.54) is 0 Å². The van der Waals surface area contributed by atoms with E-state index in [1.807, 2.05) is 30.3 Å². The predicted molar refractivity (Wildman–Crippen MR) is 110 cm³/mol. The smallest absolute Gasteiger partial charge is 0.314 e. The minimum absolute atomic E-state index is 0.0546. The number of β-amino-alcohol motifs (C(OH)–C–C–N with tert-alkyl or cyclic N) is 1. The molecule has 6 heteroatoms. The number of rotatable bonds is 7. The molecule has 0 saturated carbocycles. The maximum Gasteiger partial charge on any atom is 0.314 e. The number of aliphatic hydroxyl groups excluding tert-OH is 1. The van der Waals surface area contributed by atoms with Crippen LogP contribution in [0.5, 0.6) is 0 Å². The molecule has 2 aliphatic heterocycles. The van der Waals surface area contributed by atoms with Gasteiger partial charge in [0.2, 0.25) is 0 Å². The van der Waals surface area contributed by atoms with E-state index in [1.54, 1.807) is 0 Å². The Hall–Kier alpha value is -1.63. The number of carbonyl (C=O) groups excluding carboxylic acids is 1. The first-order chi connectivity index (χ1) is 13.6. The summed E-state index contributed by atoms with van der Waals surface area (Å²) in [6.45, 7) is 6.97. The highest BCUT2D eigenvalue weighted by molar-refractivity contribution is 5.73. The van der Waals surface area contributed by atoms with Crippen molar-refractivity contribution >= 4 is 6.03 Å². The quantitative estimate of drug-likeness (QED) is 0.670. The van der Waals surface area contributed by atoms with Crippen molar-refractivity contribution in [2.24, 2.45) is 11.8 Å². The average Bonchev–Trinajstić information content (AvgIpc) is 2.72. The van der Waals surface area contributed by atoms with Gasteiger partial charge >= 0.3 is 6.03 Å². The van der Waals surface area contributed by atoms with E-state index in [-0.39, 0.29) is 6.03 Å². The SMILES string of the molecule is CC1CC(CNC(=O)NCC2CCN(CC(O)c3ccccc3)CC2)CCO1. The van der Waals surface area contributed by atoms with E-state index >= 15 is 0 Å². The van der Waals surface area contributed by atoms with Crippen LogP contribution in [0.3, 0.4) is 0 Å². The van der Waals surface area contributed by atoms with Crippen LogP contribution < -0.4 is 10.6 Å². The van der Waals surface area contributed by atoms with Gasteiger partial charge in [-0.25, -0.2) is 4.79 Å². The van der Waals surface area contributed by atoms with E-state index in [0.717, 1.165) is 64.0 Å². The topological polar surface area (TPSA) is 73.8 Å². The lowest BCUT2D eigenvalue weighted by atomic mass is 9.96. The molecule has 2 heterocycles. The molecular formula is C22H35N3O3. The van der Waals surface area contributed by atoms with Gasteiger partial charge in [0.1, 0.15) is 0 Å². The third kappa shape index (κ3) is 6.76. The van der Waals surface area contributed by atoms with Crippen LogP contribution >= 0.6 is 0 Å². The molecule has 0 aliphatic carbocycles. The summed E-state index contributed by atoms with van der Waals surface area (Å²) in [7, 11) is 0. The van der Waals surface area contributed by atoms with Crippen LogP contribution in [0.15, 0.2) is 30.3 Å². The molecule has 156 valence electrons. The molecule has 6 nitrogen and oxygen atoms in total. The standard InChI is InChI=1S/C22H35N3O3/c1-17-13-19(9-12-28-17)15-24-22(27)23-14-18-7-10-25(11-8-18)16-21(26)20-5-3-2-4-6-20/h2-6,17-19,21,26H,7-16H2,1H3,(H2,23,24,27). The summed E-state index contributed by atoms with van der Waals surface area (Å²) in [4.78, 5) is 14.4. The minimum atomic E-state index is -0.436. The molecule has 0 spiro atoms. The number of ether oxygens (including phenoxy) is 1. The minimum Gasteiger partial charge on any atom is -0.387 e. The first-order valence-electron chi connectivity index (χ1n) is 10.7. The number of aliphatic hydroxyl groups is 1. The van der Waals surface area contributed by atoms with Gasteiger partial charge in [-0.15, -0.1) is 0 Å². The molecular weight excluding hydrogens is 354 g/mol. The monoisotopic (exact) mass is 389 g/mol. The molecule has 0 aromatic heterocycles. The average molecular weight is 390 g/mol. The third-order valence-corrected chi connectivity index (χ3v) is 6.02. The summed E-state index contributed by atoms with van der Waals surface area (Å²) in [5.41, 5.74) is 0.974. The number of hydrogen-bond acceptors (Lipinski definition) is 4. The van der Waals surface area contributed by atoms with Crippen LogP contribution in [0.25, 0.3) is 0 Å². The Bertz CT molecular complexity index is 590. The van der Waals surface area contributed by atoms with Gasteiger partial charge in [-0.1, -0.05) is 30.3 Å². The van der Waals surface area contributed by atoms with Crippen molar-refractivity contribution in [2.45, 2.75) is 44.8 Å². The van der Waals surface area contributed by atoms with Crippen molar-refractivity contribution < 1.29 is 14.6 Å². The fraction of sp³-hybridized carbons (Fsp3) is 0.682. The van der Waals surface area contributed by atoms with Crippen LogP contribution in [0.1, 0.15) is 44.3 Å². The first kappa shape index (κ1) is 21.1. The number of nitrogens with one attached hydrogen (secondary N) is 2. The van der Waals surface area contributed by atoms with Gasteiger partial charge in [0.15, 0.2) is 0 Å². The highest BCUT2D eigenvalue weighted by Crippen LogP contribution is 2.21. The van der Waals surface area contributed by atoms with Crippen molar-refractivity contribution in [1.82, 2.24) is 15.5 Å². The number of amides is 2. The van der Waals surface area contributed by atoms with Gasteiger partial charge in [0, 0.05) is 26.2 Å². The third-order valence-electron chi connectivity index (χ3n) is 6.02. The van der Waals surface area contributed by atoms with Crippen molar-refractivity contribution in [3.8, 4) is 0 Å². The number of benzene rings is 1. The second-order valence-corrected chi connectivity index (χ2v) is 8.33. The zero-order valence-electron chi connectivity index (χ0n) is 17.0. The molecule has 1 aromatic carbocycles. The summed E-state index contributed by atoms with van der Waals surface area (Å²) in [5, 5.41) is 16.4. The van der Waals surface area contributed by atoms with E-state index in [9.17, 15) is 9.90 Å². The molecule has 28 heavy (non-hydrogen) atoms. The molecule has 2 amide bonds. The molecule has 3 atom stereocenters. The number of hydrogen-bond donors (Lipinski definition) is 3. The molecule has 3 rings (SSSR count). The number of carbonyl (C=O) groups is 1. The predicted octanol–water partition coefficient (Wildman–Crippen LogP) is 2.55. The number of piperidine rings is 1. The van der Waals surface area contributed by atoms with E-state index in [0.29, 0.717) is 24.5 Å².